The van der Waals surface area contributed by atoms with Crippen molar-refractivity contribution in [2.75, 3.05) is 61.1 Å². The second-order valence-electron chi connectivity index (χ2n) is 5.43. The van der Waals surface area contributed by atoms with Crippen molar-refractivity contribution < 1.29 is 9.47 Å². The van der Waals surface area contributed by atoms with Crippen molar-refractivity contribution in [2.45, 2.75) is 6.42 Å². The Labute approximate surface area is 150 Å². The fourth-order valence-corrected chi connectivity index (χ4v) is 2.38. The third kappa shape index (κ3) is 7.86. The minimum Gasteiger partial charge on any atom is -0.497 e. The van der Waals surface area contributed by atoms with Crippen LogP contribution in [0.1, 0.15) is 5.56 Å². The van der Waals surface area contributed by atoms with Crippen molar-refractivity contribution in [3.8, 4) is 5.75 Å². The lowest BCUT2D eigenvalue weighted by atomic mass is 10.1. The number of benzene rings is 1. The lowest BCUT2D eigenvalue weighted by molar-refractivity contribution is 0.162. The highest BCUT2D eigenvalue weighted by molar-refractivity contribution is 6.31. The summed E-state index contributed by atoms with van der Waals surface area (Å²) >= 11 is 6.25. The summed E-state index contributed by atoms with van der Waals surface area (Å²) in [6, 6.07) is 5.74. The van der Waals surface area contributed by atoms with E-state index in [1.54, 1.807) is 21.3 Å². The number of methoxy groups -OCH3 is 2. The van der Waals surface area contributed by atoms with Gasteiger partial charge in [0.2, 0.25) is 0 Å². The fourth-order valence-electron chi connectivity index (χ4n) is 2.12. The third-order valence-electron chi connectivity index (χ3n) is 3.63. The Hall–Kier alpha value is -1.50. The molecular formula is C17H29ClN4O2. The molecule has 7 heteroatoms. The molecule has 24 heavy (non-hydrogen) atoms. The molecule has 1 aromatic carbocycles. The van der Waals surface area contributed by atoms with Gasteiger partial charge in [0.25, 0.3) is 0 Å². The van der Waals surface area contributed by atoms with E-state index in [1.165, 1.54) is 0 Å². The van der Waals surface area contributed by atoms with E-state index in [9.17, 15) is 0 Å². The summed E-state index contributed by atoms with van der Waals surface area (Å²) in [5, 5.41) is 7.32. The fraction of sp³-hybridized carbons (Fsp3) is 0.588. The second kappa shape index (κ2) is 11.9. The molecular weight excluding hydrogens is 328 g/mol. The monoisotopic (exact) mass is 356 g/mol. The number of ether oxygens (including phenoxy) is 2. The zero-order valence-electron chi connectivity index (χ0n) is 15.1. The van der Waals surface area contributed by atoms with Crippen molar-refractivity contribution in [2.24, 2.45) is 4.99 Å². The topological polar surface area (TPSA) is 58.1 Å². The molecule has 2 N–H and O–H groups in total. The summed E-state index contributed by atoms with van der Waals surface area (Å²) in [5.41, 5.74) is 1.08. The summed E-state index contributed by atoms with van der Waals surface area (Å²) < 4.78 is 10.2. The van der Waals surface area contributed by atoms with Crippen LogP contribution in [0.2, 0.25) is 5.02 Å². The Morgan fingerprint density at radius 1 is 1.21 bits per heavy atom. The molecule has 0 saturated heterocycles. The molecule has 1 rings (SSSR count). The molecule has 0 bridgehead atoms. The zero-order chi connectivity index (χ0) is 17.8. The predicted molar refractivity (Wildman–Crippen MR) is 100 cm³/mol. The lowest BCUT2D eigenvalue weighted by Gasteiger charge is -2.18. The van der Waals surface area contributed by atoms with E-state index in [-0.39, 0.29) is 0 Å². The Morgan fingerprint density at radius 3 is 2.58 bits per heavy atom. The summed E-state index contributed by atoms with van der Waals surface area (Å²) in [4.78, 5) is 6.44. The van der Waals surface area contributed by atoms with E-state index >= 15 is 0 Å². The molecule has 0 atom stereocenters. The SMILES string of the molecule is CN=C(NCCc1ccc(OC)cc1Cl)NCCN(C)CCOC. The van der Waals surface area contributed by atoms with Crippen molar-refractivity contribution in [3.05, 3.63) is 28.8 Å². The van der Waals surface area contributed by atoms with Gasteiger partial charge in [0.15, 0.2) is 5.96 Å². The molecule has 0 heterocycles. The molecule has 6 nitrogen and oxygen atoms in total. The Morgan fingerprint density at radius 2 is 1.96 bits per heavy atom. The molecule has 0 spiro atoms. The number of aliphatic imine (C=N–C) groups is 1. The van der Waals surface area contributed by atoms with E-state index in [1.807, 2.05) is 18.2 Å². The summed E-state index contributed by atoms with van der Waals surface area (Å²) in [6.07, 6.45) is 0.817. The highest BCUT2D eigenvalue weighted by Crippen LogP contribution is 2.22. The van der Waals surface area contributed by atoms with Crippen LogP contribution in [0.15, 0.2) is 23.2 Å². The van der Waals surface area contributed by atoms with Gasteiger partial charge in [-0.25, -0.2) is 0 Å². The number of nitrogens with zero attached hydrogens (tertiary/aromatic N) is 2. The maximum Gasteiger partial charge on any atom is 0.191 e. The molecule has 0 aliphatic heterocycles. The predicted octanol–water partition coefficient (Wildman–Crippen LogP) is 1.63. The first-order valence-corrected chi connectivity index (χ1v) is 8.43. The van der Waals surface area contributed by atoms with Crippen molar-refractivity contribution in [3.63, 3.8) is 0 Å². The number of nitrogens with one attached hydrogen (secondary N) is 2. The molecule has 0 amide bonds. The van der Waals surface area contributed by atoms with E-state index in [4.69, 9.17) is 21.1 Å². The van der Waals surface area contributed by atoms with Gasteiger partial charge in [-0.15, -0.1) is 0 Å². The number of hydrogen-bond donors (Lipinski definition) is 2. The van der Waals surface area contributed by atoms with E-state index in [0.29, 0.717) is 0 Å². The first kappa shape index (κ1) is 20.5. The minimum atomic E-state index is 0.721. The van der Waals surface area contributed by atoms with Gasteiger partial charge in [0.1, 0.15) is 5.75 Å². The molecule has 136 valence electrons. The largest absolute Gasteiger partial charge is 0.497 e. The molecule has 0 fully saturated rings. The van der Waals surface area contributed by atoms with Gasteiger partial charge in [-0.1, -0.05) is 17.7 Å². The second-order valence-corrected chi connectivity index (χ2v) is 5.84. The average molecular weight is 357 g/mol. The molecule has 1 aromatic rings. The quantitative estimate of drug-likeness (QED) is 0.493. The molecule has 0 radical (unpaired) electrons. The normalized spacial score (nSPS) is 11.7. The average Bonchev–Trinajstić information content (AvgIpc) is 2.59. The third-order valence-corrected chi connectivity index (χ3v) is 3.99. The first-order chi connectivity index (χ1) is 11.6. The van der Waals surface area contributed by atoms with Crippen molar-refractivity contribution in [1.29, 1.82) is 0 Å². The van der Waals surface area contributed by atoms with Gasteiger partial charge in [0.05, 0.1) is 13.7 Å². The van der Waals surface area contributed by atoms with Crippen LogP contribution in [-0.4, -0.2) is 72.0 Å². The summed E-state index contributed by atoms with van der Waals surface area (Å²) in [5.74, 6) is 1.56. The van der Waals surface area contributed by atoms with Crippen LogP contribution in [0.5, 0.6) is 5.75 Å². The minimum absolute atomic E-state index is 0.721. The van der Waals surface area contributed by atoms with Gasteiger partial charge in [-0.05, 0) is 31.2 Å². The Bertz CT molecular complexity index is 511. The van der Waals surface area contributed by atoms with Crippen LogP contribution in [-0.2, 0) is 11.2 Å². The molecule has 0 aromatic heterocycles. The van der Waals surface area contributed by atoms with Crippen LogP contribution < -0.4 is 15.4 Å². The van der Waals surface area contributed by atoms with Crippen LogP contribution in [0.3, 0.4) is 0 Å². The van der Waals surface area contributed by atoms with Crippen LogP contribution in [0.25, 0.3) is 0 Å². The van der Waals surface area contributed by atoms with Crippen LogP contribution in [0, 0.1) is 0 Å². The summed E-state index contributed by atoms with van der Waals surface area (Å²) in [7, 11) is 7.19. The van der Waals surface area contributed by atoms with Crippen LogP contribution >= 0.6 is 11.6 Å². The van der Waals surface area contributed by atoms with Crippen molar-refractivity contribution >= 4 is 17.6 Å². The lowest BCUT2D eigenvalue weighted by Crippen LogP contribution is -2.42. The number of halogens is 1. The molecule has 0 aliphatic rings. The standard InChI is InChI=1S/C17H29ClN4O2/c1-19-17(21-9-10-22(2)11-12-23-3)20-8-7-14-5-6-15(24-4)13-16(14)18/h5-6,13H,7-12H2,1-4H3,(H2,19,20,21). The Balaban J connectivity index is 2.29. The highest BCUT2D eigenvalue weighted by Gasteiger charge is 2.04. The Kier molecular flexibility index (Phi) is 10.2. The van der Waals surface area contributed by atoms with E-state index in [2.05, 4.69) is 27.6 Å². The maximum atomic E-state index is 6.25. The smallest absolute Gasteiger partial charge is 0.191 e. The van der Waals surface area contributed by atoms with Gasteiger partial charge in [-0.2, -0.15) is 0 Å². The van der Waals surface area contributed by atoms with Gasteiger partial charge in [-0.3, -0.25) is 4.99 Å². The summed E-state index contributed by atoms with van der Waals surface area (Å²) in [6.45, 7) is 4.16. The zero-order valence-corrected chi connectivity index (χ0v) is 15.8. The van der Waals surface area contributed by atoms with Gasteiger partial charge >= 0.3 is 0 Å². The van der Waals surface area contributed by atoms with Crippen molar-refractivity contribution in [1.82, 2.24) is 15.5 Å². The number of hydrogen-bond acceptors (Lipinski definition) is 4. The number of likely N-dealkylation sites (N-methyl/N-ethyl adjacent to an activating group) is 1. The number of rotatable bonds is 10. The maximum absolute atomic E-state index is 6.25. The van der Waals surface area contributed by atoms with E-state index in [0.717, 1.165) is 61.5 Å². The molecule has 0 saturated carbocycles. The van der Waals surface area contributed by atoms with Crippen LogP contribution in [0.4, 0.5) is 0 Å². The first-order valence-electron chi connectivity index (χ1n) is 8.05. The number of guanidine groups is 1. The molecule has 0 unspecified atom stereocenters. The van der Waals surface area contributed by atoms with Gasteiger partial charge in [0, 0.05) is 45.4 Å². The van der Waals surface area contributed by atoms with E-state index < -0.39 is 0 Å². The molecule has 0 aliphatic carbocycles. The highest BCUT2D eigenvalue weighted by atomic mass is 35.5. The van der Waals surface area contributed by atoms with Gasteiger partial charge < -0.3 is 25.0 Å².